The number of aromatic nitrogens is 3. The smallest absolute Gasteiger partial charge is 0.338 e. The Labute approximate surface area is 261 Å². The highest BCUT2D eigenvalue weighted by molar-refractivity contribution is 9.10. The van der Waals surface area contributed by atoms with Crippen LogP contribution in [0.2, 0.25) is 10.0 Å². The van der Waals surface area contributed by atoms with E-state index in [4.69, 9.17) is 42.8 Å². The Morgan fingerprint density at radius 2 is 1.78 bits per heavy atom. The summed E-state index contributed by atoms with van der Waals surface area (Å²) in [5, 5.41) is 9.94. The SMILES string of the molecule is CCCOC(=O)C1=C(C)Nc2nc(SCc3ccccc3Cl)nn2C1c1cc(Br)ccc1OCc1ccccc1Cl. The summed E-state index contributed by atoms with van der Waals surface area (Å²) < 4.78 is 14.5. The van der Waals surface area contributed by atoms with E-state index in [0.717, 1.165) is 21.2 Å². The summed E-state index contributed by atoms with van der Waals surface area (Å²) in [6, 6.07) is 20.3. The highest BCUT2D eigenvalue weighted by Crippen LogP contribution is 2.42. The second-order valence-electron chi connectivity index (χ2n) is 9.31. The lowest BCUT2D eigenvalue weighted by Crippen LogP contribution is -2.30. The van der Waals surface area contributed by atoms with E-state index in [0.29, 0.717) is 57.0 Å². The van der Waals surface area contributed by atoms with Crippen LogP contribution in [0.15, 0.2) is 87.6 Å². The lowest BCUT2D eigenvalue weighted by atomic mass is 9.95. The molecule has 0 radical (unpaired) electrons. The van der Waals surface area contributed by atoms with Crippen molar-refractivity contribution in [3.63, 3.8) is 0 Å². The molecule has 0 fully saturated rings. The molecular formula is C30H27BrCl2N4O3S. The fourth-order valence-electron chi connectivity index (χ4n) is 4.41. The molecule has 1 N–H and O–H groups in total. The first-order chi connectivity index (χ1) is 19.9. The maximum absolute atomic E-state index is 13.5. The molecule has 0 saturated heterocycles. The zero-order chi connectivity index (χ0) is 28.9. The van der Waals surface area contributed by atoms with E-state index >= 15 is 0 Å². The maximum Gasteiger partial charge on any atom is 0.338 e. The highest BCUT2D eigenvalue weighted by Gasteiger charge is 2.37. The molecule has 1 aromatic heterocycles. The van der Waals surface area contributed by atoms with E-state index in [-0.39, 0.29) is 6.61 Å². The van der Waals surface area contributed by atoms with Crippen molar-refractivity contribution in [2.45, 2.75) is 43.8 Å². The fraction of sp³-hybridized carbons (Fsp3) is 0.233. The van der Waals surface area contributed by atoms with Crippen molar-refractivity contribution in [2.24, 2.45) is 0 Å². The van der Waals surface area contributed by atoms with Crippen LogP contribution in [0.25, 0.3) is 0 Å². The molecular weight excluding hydrogens is 647 g/mol. The minimum atomic E-state index is -0.656. The summed E-state index contributed by atoms with van der Waals surface area (Å²) in [4.78, 5) is 18.2. The third-order valence-corrected chi connectivity index (χ3v) is 8.53. The van der Waals surface area contributed by atoms with Gasteiger partial charge in [-0.25, -0.2) is 9.48 Å². The molecule has 1 atom stereocenters. The van der Waals surface area contributed by atoms with Crippen LogP contribution in [-0.4, -0.2) is 27.3 Å². The second kappa shape index (κ2) is 13.3. The van der Waals surface area contributed by atoms with Gasteiger partial charge in [-0.3, -0.25) is 0 Å². The summed E-state index contributed by atoms with van der Waals surface area (Å²) in [7, 11) is 0. The van der Waals surface area contributed by atoms with Gasteiger partial charge < -0.3 is 14.8 Å². The molecule has 11 heteroatoms. The first-order valence-corrected chi connectivity index (χ1v) is 15.5. The van der Waals surface area contributed by atoms with E-state index in [1.54, 1.807) is 4.68 Å². The van der Waals surface area contributed by atoms with Crippen LogP contribution < -0.4 is 10.1 Å². The summed E-state index contributed by atoms with van der Waals surface area (Å²) in [6.07, 6.45) is 0.705. The van der Waals surface area contributed by atoms with Gasteiger partial charge in [-0.2, -0.15) is 4.98 Å². The van der Waals surface area contributed by atoms with Crippen LogP contribution in [0.5, 0.6) is 5.75 Å². The van der Waals surface area contributed by atoms with E-state index in [9.17, 15) is 4.79 Å². The topological polar surface area (TPSA) is 78.3 Å². The number of halogens is 3. The van der Waals surface area contributed by atoms with Gasteiger partial charge in [0, 0.05) is 37.1 Å². The minimum absolute atomic E-state index is 0.251. The number of carbonyl (C=O) groups is 1. The quantitative estimate of drug-likeness (QED) is 0.134. The average Bonchev–Trinajstić information content (AvgIpc) is 3.37. The van der Waals surface area contributed by atoms with E-state index < -0.39 is 12.0 Å². The molecule has 2 heterocycles. The lowest BCUT2D eigenvalue weighted by molar-refractivity contribution is -0.139. The number of hydrogen-bond donors (Lipinski definition) is 1. The predicted molar refractivity (Wildman–Crippen MR) is 167 cm³/mol. The lowest BCUT2D eigenvalue weighted by Gasteiger charge is -2.29. The van der Waals surface area contributed by atoms with Crippen LogP contribution in [0, 0.1) is 0 Å². The number of benzene rings is 3. The number of nitrogens with zero attached hydrogens (tertiary/aromatic N) is 3. The van der Waals surface area contributed by atoms with Crippen molar-refractivity contribution >= 4 is 62.8 Å². The molecule has 7 nitrogen and oxygen atoms in total. The molecule has 1 unspecified atom stereocenters. The molecule has 1 aliphatic heterocycles. The molecule has 212 valence electrons. The van der Waals surface area contributed by atoms with Crippen molar-refractivity contribution in [1.82, 2.24) is 14.8 Å². The van der Waals surface area contributed by atoms with Crippen LogP contribution in [0.3, 0.4) is 0 Å². The van der Waals surface area contributed by atoms with Gasteiger partial charge in [-0.05, 0) is 49.2 Å². The van der Waals surface area contributed by atoms with E-state index in [1.165, 1.54) is 11.8 Å². The van der Waals surface area contributed by atoms with Gasteiger partial charge >= 0.3 is 5.97 Å². The largest absolute Gasteiger partial charge is 0.488 e. The Morgan fingerprint density at radius 1 is 1.07 bits per heavy atom. The molecule has 5 rings (SSSR count). The Bertz CT molecular complexity index is 1610. The first-order valence-electron chi connectivity index (χ1n) is 13.0. The molecule has 0 bridgehead atoms. The molecule has 0 amide bonds. The van der Waals surface area contributed by atoms with Gasteiger partial charge in [0.15, 0.2) is 0 Å². The second-order valence-corrected chi connectivity index (χ2v) is 12.0. The van der Waals surface area contributed by atoms with Crippen molar-refractivity contribution in [3.8, 4) is 5.75 Å². The summed E-state index contributed by atoms with van der Waals surface area (Å²) in [5.41, 5.74) is 3.62. The van der Waals surface area contributed by atoms with E-state index in [1.807, 2.05) is 80.6 Å². The molecule has 41 heavy (non-hydrogen) atoms. The van der Waals surface area contributed by atoms with E-state index in [2.05, 4.69) is 21.2 Å². The van der Waals surface area contributed by atoms with Crippen LogP contribution in [-0.2, 0) is 21.9 Å². The number of anilines is 1. The first kappa shape index (κ1) is 29.5. The monoisotopic (exact) mass is 672 g/mol. The van der Waals surface area contributed by atoms with Gasteiger partial charge in [0.2, 0.25) is 11.1 Å². The van der Waals surface area contributed by atoms with Gasteiger partial charge in [0.25, 0.3) is 0 Å². The molecule has 3 aromatic carbocycles. The van der Waals surface area contributed by atoms with Gasteiger partial charge in [-0.1, -0.05) is 94.2 Å². The number of carbonyl (C=O) groups excluding carboxylic acids is 1. The molecule has 0 aliphatic carbocycles. The molecule has 0 spiro atoms. The summed E-state index contributed by atoms with van der Waals surface area (Å²) in [5.74, 6) is 1.26. The van der Waals surface area contributed by atoms with Gasteiger partial charge in [0.1, 0.15) is 18.4 Å². The number of thioether (sulfide) groups is 1. The zero-order valence-corrected chi connectivity index (χ0v) is 26.3. The van der Waals surface area contributed by atoms with Crippen LogP contribution in [0.1, 0.15) is 43.0 Å². The third-order valence-electron chi connectivity index (χ3n) is 6.41. The number of ether oxygens (including phenoxy) is 2. The van der Waals surface area contributed by atoms with Crippen molar-refractivity contribution in [1.29, 1.82) is 0 Å². The predicted octanol–water partition coefficient (Wildman–Crippen LogP) is 8.46. The Kier molecular flexibility index (Phi) is 9.60. The number of allylic oxidation sites excluding steroid dienone is 1. The van der Waals surface area contributed by atoms with Crippen LogP contribution in [0.4, 0.5) is 5.95 Å². The average molecular weight is 674 g/mol. The minimum Gasteiger partial charge on any atom is -0.488 e. The molecule has 1 aliphatic rings. The fourth-order valence-corrected chi connectivity index (χ4v) is 6.09. The molecule has 4 aromatic rings. The Hall–Kier alpha value is -2.98. The Balaban J connectivity index is 1.54. The summed E-state index contributed by atoms with van der Waals surface area (Å²) in [6.45, 7) is 4.35. The standard InChI is InChI=1S/C30H27BrCl2N4O3S/c1-3-14-39-28(38)26-18(2)34-29-35-30(41-17-20-9-5-7-11-24(20)33)36-37(29)27(26)22-15-21(31)12-13-25(22)40-16-19-8-4-6-10-23(19)32/h4-13,15,27H,3,14,16-17H2,1-2H3,(H,34,35,36). The highest BCUT2D eigenvalue weighted by atomic mass is 79.9. The Morgan fingerprint density at radius 3 is 2.49 bits per heavy atom. The number of fused-ring (bicyclic) bond motifs is 1. The number of esters is 1. The third kappa shape index (κ3) is 6.75. The maximum atomic E-state index is 13.5. The normalized spacial score (nSPS) is 14.4. The van der Waals surface area contributed by atoms with Crippen molar-refractivity contribution < 1.29 is 14.3 Å². The summed E-state index contributed by atoms with van der Waals surface area (Å²) >= 11 is 17.8. The van der Waals surface area contributed by atoms with Crippen molar-refractivity contribution in [3.05, 3.63) is 109 Å². The number of rotatable bonds is 10. The molecule has 0 saturated carbocycles. The van der Waals surface area contributed by atoms with Gasteiger partial charge in [-0.15, -0.1) is 5.10 Å². The number of hydrogen-bond acceptors (Lipinski definition) is 7. The zero-order valence-electron chi connectivity index (χ0n) is 22.4. The van der Waals surface area contributed by atoms with Crippen LogP contribution >= 0.6 is 50.9 Å². The van der Waals surface area contributed by atoms with Gasteiger partial charge in [0.05, 0.1) is 12.2 Å². The van der Waals surface area contributed by atoms with Crippen molar-refractivity contribution in [2.75, 3.05) is 11.9 Å². The number of nitrogens with one attached hydrogen (secondary N) is 1.